The van der Waals surface area contributed by atoms with E-state index in [0.29, 0.717) is 82.9 Å². The number of likely N-dealkylation sites (tertiary alicyclic amines) is 1. The number of carbonyl (C=O) groups is 2. The molecule has 0 spiro atoms. The Kier molecular flexibility index (Phi) is 12.1. The van der Waals surface area contributed by atoms with Gasteiger partial charge in [0, 0.05) is 106 Å². The molecule has 71 heavy (non-hydrogen) atoms. The van der Waals surface area contributed by atoms with Crippen LogP contribution in [-0.2, 0) is 16.0 Å². The average Bonchev–Trinajstić information content (AvgIpc) is 4.03. The molecule has 6 saturated heterocycles. The summed E-state index contributed by atoms with van der Waals surface area (Å²) in [4.78, 5) is 45.5. The SMILES string of the molecule is CCc1c(F)ccc2cc(O)cc(-c3ncc4c(N5CC6CCC(C5)N6)nc(OCC5(CN6CCN(N7CC(N8CCC(c9cc(F)c(C%10CCC(=O)NC%10=O)c(F)c9)CC8)C7)CC6)CC5)nc4c3F)c12. The number of hydrogen-bond donors (Lipinski definition) is 3. The second-order valence-electron chi connectivity index (χ2n) is 21.3. The van der Waals surface area contributed by atoms with Crippen molar-refractivity contribution in [2.45, 2.75) is 94.7 Å². The monoisotopic (exact) mass is 976 g/mol. The molecule has 14 nitrogen and oxygen atoms in total. The summed E-state index contributed by atoms with van der Waals surface area (Å²) < 4.78 is 69.5. The third-order valence-corrected chi connectivity index (χ3v) is 16.7. The number of piperazine rings is 2. The predicted octanol–water partition coefficient (Wildman–Crippen LogP) is 6.39. The molecule has 3 aromatic carbocycles. The second-order valence-corrected chi connectivity index (χ2v) is 21.3. The van der Waals surface area contributed by atoms with Crippen LogP contribution in [0.1, 0.15) is 86.8 Å². The molecule has 3 atom stereocenters. The fourth-order valence-electron chi connectivity index (χ4n) is 12.5. The standard InChI is InChI=1S/C53H60F4N10O4/c1-2-37-41(54)7-3-31-19-36(68)22-39(45(31)37)48-47(57)49-40(23-58-48)50(65-24-33-4-5-34(25-65)59-33)62-52(61-49)71-29-53(11-12-53)28-63-15-17-66(18-16-63)67-26-35(27-67)64-13-9-30(10-14-64)32-20-42(55)46(43(56)21-32)38-6-8-44(69)60-51(38)70/h3,7,19-23,30,33-35,38,59,68H,2,4-6,8-18,24-29H2,1H3,(H,60,69,70). The van der Waals surface area contributed by atoms with E-state index in [9.17, 15) is 14.7 Å². The Morgan fingerprint density at radius 3 is 2.25 bits per heavy atom. The van der Waals surface area contributed by atoms with Crippen LogP contribution < -0.4 is 20.3 Å². The average molecular weight is 977 g/mol. The Bertz CT molecular complexity index is 2880. The van der Waals surface area contributed by atoms with E-state index >= 15 is 17.6 Å². The number of phenolic OH excluding ortho intramolecular Hbond substituents is 1. The van der Waals surface area contributed by atoms with Crippen LogP contribution in [0.15, 0.2) is 42.6 Å². The molecule has 8 heterocycles. The van der Waals surface area contributed by atoms with Crippen molar-refractivity contribution in [2.75, 3.05) is 83.5 Å². The number of hydrazine groups is 1. The van der Waals surface area contributed by atoms with Crippen molar-refractivity contribution >= 4 is 39.3 Å². The fourth-order valence-corrected chi connectivity index (χ4v) is 12.5. The first kappa shape index (κ1) is 46.5. The van der Waals surface area contributed by atoms with Gasteiger partial charge in [0.1, 0.15) is 40.2 Å². The van der Waals surface area contributed by atoms with Gasteiger partial charge in [0.25, 0.3) is 0 Å². The van der Waals surface area contributed by atoms with Gasteiger partial charge in [-0.3, -0.25) is 29.7 Å². The van der Waals surface area contributed by atoms with Crippen LogP contribution in [0.4, 0.5) is 23.4 Å². The first-order chi connectivity index (χ1) is 34.4. The highest BCUT2D eigenvalue weighted by Gasteiger charge is 2.46. The van der Waals surface area contributed by atoms with Crippen molar-refractivity contribution in [1.29, 1.82) is 0 Å². The number of ether oxygens (including phenoxy) is 1. The third-order valence-electron chi connectivity index (χ3n) is 16.7. The number of nitrogens with one attached hydrogen (secondary N) is 2. The molecule has 3 unspecified atom stereocenters. The van der Waals surface area contributed by atoms with E-state index in [-0.39, 0.29) is 52.7 Å². The van der Waals surface area contributed by atoms with E-state index < -0.39 is 41.0 Å². The first-order valence-electron chi connectivity index (χ1n) is 25.6. The van der Waals surface area contributed by atoms with Gasteiger partial charge in [-0.05, 0) is 123 Å². The van der Waals surface area contributed by atoms with Crippen LogP contribution in [0.3, 0.4) is 0 Å². The highest BCUT2D eigenvalue weighted by atomic mass is 19.1. The smallest absolute Gasteiger partial charge is 0.319 e. The molecule has 12 rings (SSSR count). The fraction of sp³-hybridized carbons (Fsp3) is 0.528. The van der Waals surface area contributed by atoms with Crippen molar-refractivity contribution < 1.29 is 37.0 Å². The van der Waals surface area contributed by atoms with E-state index in [0.717, 1.165) is 97.4 Å². The number of piperidine rings is 2. The number of aromatic hydroxyl groups is 1. The number of aromatic nitrogens is 3. The van der Waals surface area contributed by atoms with Crippen molar-refractivity contribution in [3.8, 4) is 23.0 Å². The number of imide groups is 1. The Morgan fingerprint density at radius 1 is 0.831 bits per heavy atom. The number of nitrogens with zero attached hydrogens (tertiary/aromatic N) is 8. The van der Waals surface area contributed by atoms with E-state index in [2.05, 4.69) is 40.3 Å². The van der Waals surface area contributed by atoms with Crippen LogP contribution in [-0.4, -0.2) is 148 Å². The summed E-state index contributed by atoms with van der Waals surface area (Å²) in [5.41, 5.74) is 1.11. The van der Waals surface area contributed by atoms with Gasteiger partial charge >= 0.3 is 6.01 Å². The van der Waals surface area contributed by atoms with Gasteiger partial charge in [0.05, 0.1) is 17.9 Å². The van der Waals surface area contributed by atoms with E-state index in [1.807, 2.05) is 6.92 Å². The van der Waals surface area contributed by atoms with Gasteiger partial charge in [0.15, 0.2) is 5.82 Å². The molecule has 7 aliphatic rings. The molecule has 5 aromatic rings. The number of hydrogen-bond acceptors (Lipinski definition) is 13. The lowest BCUT2D eigenvalue weighted by Gasteiger charge is -2.53. The number of aryl methyl sites for hydroxylation is 1. The normalized spacial score (nSPS) is 24.7. The number of fused-ring (bicyclic) bond motifs is 4. The second kappa shape index (κ2) is 18.5. The zero-order chi connectivity index (χ0) is 48.7. The number of anilines is 1. The van der Waals surface area contributed by atoms with Gasteiger partial charge in [-0.25, -0.2) is 27.6 Å². The summed E-state index contributed by atoms with van der Waals surface area (Å²) in [6, 6.07) is 9.91. The molecule has 18 heteroatoms. The lowest BCUT2D eigenvalue weighted by molar-refractivity contribution is -0.138. The molecule has 3 N–H and O–H groups in total. The van der Waals surface area contributed by atoms with E-state index in [4.69, 9.17) is 14.7 Å². The Morgan fingerprint density at radius 2 is 1.56 bits per heavy atom. The minimum atomic E-state index is -0.997. The summed E-state index contributed by atoms with van der Waals surface area (Å²) in [5.74, 6) is -4.00. The number of phenols is 1. The first-order valence-corrected chi connectivity index (χ1v) is 25.6. The minimum Gasteiger partial charge on any atom is -0.508 e. The maximum atomic E-state index is 17.2. The third kappa shape index (κ3) is 8.86. The molecule has 6 aliphatic heterocycles. The molecule has 0 radical (unpaired) electrons. The van der Waals surface area contributed by atoms with Crippen LogP contribution >= 0.6 is 0 Å². The quantitative estimate of drug-likeness (QED) is 0.0941. The van der Waals surface area contributed by atoms with Crippen molar-refractivity contribution in [1.82, 2.24) is 45.4 Å². The van der Waals surface area contributed by atoms with Crippen molar-refractivity contribution in [3.63, 3.8) is 0 Å². The highest BCUT2D eigenvalue weighted by molar-refractivity contribution is 6.02. The number of benzene rings is 3. The Hall–Kier alpha value is -5.53. The predicted molar refractivity (Wildman–Crippen MR) is 259 cm³/mol. The molecule has 374 valence electrons. The van der Waals surface area contributed by atoms with Gasteiger partial charge in [0.2, 0.25) is 11.8 Å². The van der Waals surface area contributed by atoms with Crippen LogP contribution in [0.5, 0.6) is 11.8 Å². The maximum absolute atomic E-state index is 17.2. The zero-order valence-electron chi connectivity index (χ0n) is 40.0. The number of rotatable bonds is 12. The van der Waals surface area contributed by atoms with Gasteiger partial charge in [-0.1, -0.05) is 13.0 Å². The molecular weight excluding hydrogens is 917 g/mol. The zero-order valence-corrected chi connectivity index (χ0v) is 40.0. The van der Waals surface area contributed by atoms with Crippen molar-refractivity contribution in [2.24, 2.45) is 5.41 Å². The van der Waals surface area contributed by atoms with E-state index in [1.165, 1.54) is 24.3 Å². The molecule has 1 saturated carbocycles. The molecular formula is C53H60F4N10O4. The van der Waals surface area contributed by atoms with Gasteiger partial charge < -0.3 is 20.1 Å². The summed E-state index contributed by atoms with van der Waals surface area (Å²) >= 11 is 0. The molecule has 1 aliphatic carbocycles. The number of amides is 2. The highest BCUT2D eigenvalue weighted by Crippen LogP contribution is 2.47. The molecule has 2 aromatic heterocycles. The van der Waals surface area contributed by atoms with Crippen LogP contribution in [0.2, 0.25) is 0 Å². The number of pyridine rings is 1. The van der Waals surface area contributed by atoms with E-state index in [1.54, 1.807) is 18.3 Å². The van der Waals surface area contributed by atoms with Crippen molar-refractivity contribution in [3.05, 3.63) is 82.6 Å². The molecule has 2 amide bonds. The summed E-state index contributed by atoms with van der Waals surface area (Å²) in [7, 11) is 0. The molecule has 7 fully saturated rings. The maximum Gasteiger partial charge on any atom is 0.319 e. The van der Waals surface area contributed by atoms with Gasteiger partial charge in [-0.2, -0.15) is 9.97 Å². The Balaban J connectivity index is 0.672. The van der Waals surface area contributed by atoms with Crippen LogP contribution in [0.25, 0.3) is 32.9 Å². The number of carbonyl (C=O) groups excluding carboxylic acids is 2. The molecule has 2 bridgehead atoms. The summed E-state index contributed by atoms with van der Waals surface area (Å²) in [6.07, 6.45) is 7.90. The van der Waals surface area contributed by atoms with Crippen LogP contribution in [0, 0.1) is 28.7 Å². The summed E-state index contributed by atoms with van der Waals surface area (Å²) in [6.45, 7) is 11.9. The number of halogens is 4. The largest absolute Gasteiger partial charge is 0.508 e. The lowest BCUT2D eigenvalue weighted by atomic mass is 9.84. The lowest BCUT2D eigenvalue weighted by Crippen LogP contribution is -2.67. The Labute approximate surface area is 409 Å². The minimum absolute atomic E-state index is 0.0203. The summed E-state index contributed by atoms with van der Waals surface area (Å²) in [5, 5.41) is 23.1. The van der Waals surface area contributed by atoms with Gasteiger partial charge in [-0.15, -0.1) is 0 Å². The topological polar surface area (TPSA) is 143 Å².